The van der Waals surface area contributed by atoms with Crippen molar-refractivity contribution in [3.05, 3.63) is 170 Å². The van der Waals surface area contributed by atoms with Crippen LogP contribution in [0.3, 0.4) is 0 Å². The van der Waals surface area contributed by atoms with Crippen LogP contribution in [-0.4, -0.2) is 9.13 Å². The summed E-state index contributed by atoms with van der Waals surface area (Å²) in [6.45, 7) is 0. The normalized spacial score (nSPS) is 12.2. The van der Waals surface area contributed by atoms with Gasteiger partial charge in [0.05, 0.1) is 22.1 Å². The van der Waals surface area contributed by atoms with Gasteiger partial charge >= 0.3 is 0 Å². The van der Waals surface area contributed by atoms with E-state index < -0.39 is 0 Å². The molecule has 8 aromatic carbocycles. The third kappa shape index (κ3) is 3.70. The summed E-state index contributed by atoms with van der Waals surface area (Å²) in [5.41, 5.74) is 12.7. The highest BCUT2D eigenvalue weighted by Gasteiger charge is 2.22. The summed E-state index contributed by atoms with van der Waals surface area (Å²) in [5.74, 6) is 0. The quantitative estimate of drug-likeness (QED) is 0.188. The predicted molar refractivity (Wildman–Crippen MR) is 215 cm³/mol. The lowest BCUT2D eigenvalue weighted by Gasteiger charge is -2.09. The highest BCUT2D eigenvalue weighted by molar-refractivity contribution is 6.28. The first-order valence-corrected chi connectivity index (χ1v) is 17.7. The molecule has 12 rings (SSSR count). The van der Waals surface area contributed by atoms with Crippen molar-refractivity contribution >= 4 is 87.5 Å². The van der Waals surface area contributed by atoms with Crippen molar-refractivity contribution < 1.29 is 8.83 Å². The van der Waals surface area contributed by atoms with Crippen molar-refractivity contribution in [1.29, 1.82) is 0 Å². The number of para-hydroxylation sites is 4. The lowest BCUT2D eigenvalue weighted by atomic mass is 9.99. The van der Waals surface area contributed by atoms with Crippen molar-refractivity contribution in [1.82, 2.24) is 9.13 Å². The summed E-state index contributed by atoms with van der Waals surface area (Å²) in [6.07, 6.45) is 0. The van der Waals surface area contributed by atoms with Crippen LogP contribution in [0.5, 0.6) is 0 Å². The molecule has 0 radical (unpaired) electrons. The molecular weight excluding hydrogens is 637 g/mol. The second-order valence-electron chi connectivity index (χ2n) is 13.7. The molecule has 0 aliphatic carbocycles. The minimum Gasteiger partial charge on any atom is -0.456 e. The van der Waals surface area contributed by atoms with Crippen LogP contribution in [0.2, 0.25) is 0 Å². The number of aromatic nitrogens is 2. The van der Waals surface area contributed by atoms with Gasteiger partial charge in [0.15, 0.2) is 5.58 Å². The minimum atomic E-state index is 0.901. The van der Waals surface area contributed by atoms with E-state index in [0.29, 0.717) is 0 Å². The number of hydrogen-bond donors (Lipinski definition) is 0. The SMILES string of the molecule is c1ccc(-n2c3ccc(-c4ccc5c(c4)c4ccc6c7ccccc7oc6c4n5-c4ccccc4)cc3c3c4c(ccc32)oc2ccccc24)cc1. The molecule has 0 saturated heterocycles. The van der Waals surface area contributed by atoms with E-state index in [0.717, 1.165) is 88.4 Å². The average molecular weight is 665 g/mol. The van der Waals surface area contributed by atoms with Crippen molar-refractivity contribution in [2.75, 3.05) is 0 Å². The largest absolute Gasteiger partial charge is 0.456 e. The summed E-state index contributed by atoms with van der Waals surface area (Å²) in [7, 11) is 0. The summed E-state index contributed by atoms with van der Waals surface area (Å²) in [6, 6.07) is 60.5. The standard InChI is InChI=1S/C48H28N2O2/c1-3-11-31(12-4-1)49-40-24-20-30(28-38(40)45-41(49)25-26-44-46(45)36-16-8-10-18-43(36)51-44)29-19-23-39-37(27-29)34-21-22-35-33-15-7-9-17-42(33)52-48(35)47(34)50(39)32-13-5-2-6-14-32/h1-28H. The first-order chi connectivity index (χ1) is 25.8. The smallest absolute Gasteiger partial charge is 0.160 e. The van der Waals surface area contributed by atoms with E-state index in [1.807, 2.05) is 12.1 Å². The summed E-state index contributed by atoms with van der Waals surface area (Å²) in [4.78, 5) is 0. The first-order valence-electron chi connectivity index (χ1n) is 17.7. The van der Waals surface area contributed by atoms with Crippen LogP contribution in [0.15, 0.2) is 179 Å². The van der Waals surface area contributed by atoms with E-state index in [4.69, 9.17) is 8.83 Å². The van der Waals surface area contributed by atoms with Gasteiger partial charge < -0.3 is 18.0 Å². The lowest BCUT2D eigenvalue weighted by Crippen LogP contribution is -1.93. The molecule has 4 heteroatoms. The van der Waals surface area contributed by atoms with Gasteiger partial charge in [-0.2, -0.15) is 0 Å². The van der Waals surface area contributed by atoms with Gasteiger partial charge in [-0.15, -0.1) is 0 Å². The molecule has 0 fully saturated rings. The third-order valence-corrected chi connectivity index (χ3v) is 10.9. The Bertz CT molecular complexity index is 3400. The number of fused-ring (bicyclic) bond motifs is 14. The fourth-order valence-corrected chi connectivity index (χ4v) is 8.67. The topological polar surface area (TPSA) is 36.1 Å². The van der Waals surface area contributed by atoms with Crippen molar-refractivity contribution in [2.24, 2.45) is 0 Å². The molecule has 52 heavy (non-hydrogen) atoms. The van der Waals surface area contributed by atoms with E-state index in [1.165, 1.54) is 21.5 Å². The van der Waals surface area contributed by atoms with Crippen molar-refractivity contribution in [2.45, 2.75) is 0 Å². The van der Waals surface area contributed by atoms with E-state index in [-0.39, 0.29) is 0 Å². The molecule has 0 N–H and O–H groups in total. The molecule has 0 atom stereocenters. The van der Waals surface area contributed by atoms with Gasteiger partial charge in [-0.3, -0.25) is 0 Å². The van der Waals surface area contributed by atoms with Crippen LogP contribution in [-0.2, 0) is 0 Å². The molecule has 0 unspecified atom stereocenters. The van der Waals surface area contributed by atoms with Crippen LogP contribution < -0.4 is 0 Å². The van der Waals surface area contributed by atoms with Crippen LogP contribution in [0.25, 0.3) is 110 Å². The molecule has 0 aliphatic heterocycles. The average Bonchev–Trinajstić information content (AvgIpc) is 3.95. The van der Waals surface area contributed by atoms with E-state index in [9.17, 15) is 0 Å². The number of rotatable bonds is 3. The Balaban J connectivity index is 1.16. The minimum absolute atomic E-state index is 0.901. The Morgan fingerprint density at radius 1 is 0.327 bits per heavy atom. The molecule has 0 saturated carbocycles. The van der Waals surface area contributed by atoms with Gasteiger partial charge in [-0.1, -0.05) is 91.0 Å². The molecule has 4 heterocycles. The van der Waals surface area contributed by atoms with Gasteiger partial charge in [-0.25, -0.2) is 0 Å². The zero-order valence-electron chi connectivity index (χ0n) is 27.9. The Labute approximate surface area is 296 Å². The molecule has 12 aromatic rings. The van der Waals surface area contributed by atoms with E-state index in [2.05, 4.69) is 167 Å². The highest BCUT2D eigenvalue weighted by Crippen LogP contribution is 2.44. The molecule has 0 spiro atoms. The lowest BCUT2D eigenvalue weighted by molar-refractivity contribution is 0.669. The Morgan fingerprint density at radius 2 is 0.904 bits per heavy atom. The van der Waals surface area contributed by atoms with Crippen molar-refractivity contribution in [3.8, 4) is 22.5 Å². The molecule has 0 amide bonds. The molecule has 0 aliphatic rings. The summed E-state index contributed by atoms with van der Waals surface area (Å²) >= 11 is 0. The molecule has 0 bridgehead atoms. The maximum atomic E-state index is 6.63. The van der Waals surface area contributed by atoms with Gasteiger partial charge in [0, 0.05) is 54.5 Å². The van der Waals surface area contributed by atoms with Gasteiger partial charge in [0.1, 0.15) is 16.7 Å². The highest BCUT2D eigenvalue weighted by atomic mass is 16.3. The number of hydrogen-bond acceptors (Lipinski definition) is 2. The zero-order chi connectivity index (χ0) is 33.9. The zero-order valence-corrected chi connectivity index (χ0v) is 27.9. The van der Waals surface area contributed by atoms with Crippen molar-refractivity contribution in [3.63, 3.8) is 0 Å². The molecule has 4 aromatic heterocycles. The fourth-order valence-electron chi connectivity index (χ4n) is 8.67. The number of furan rings is 2. The predicted octanol–water partition coefficient (Wildman–Crippen LogP) is 13.3. The van der Waals surface area contributed by atoms with Crippen LogP contribution in [0.1, 0.15) is 0 Å². The Hall–Kier alpha value is -7.04. The van der Waals surface area contributed by atoms with Gasteiger partial charge in [0.2, 0.25) is 0 Å². The fraction of sp³-hybridized carbons (Fsp3) is 0. The maximum absolute atomic E-state index is 6.63. The maximum Gasteiger partial charge on any atom is 0.160 e. The van der Waals surface area contributed by atoms with Crippen LogP contribution in [0.4, 0.5) is 0 Å². The Morgan fingerprint density at radius 3 is 1.65 bits per heavy atom. The molecule has 242 valence electrons. The second kappa shape index (κ2) is 10.3. The summed E-state index contributed by atoms with van der Waals surface area (Å²) in [5, 5.41) is 9.30. The summed E-state index contributed by atoms with van der Waals surface area (Å²) < 4.78 is 17.8. The second-order valence-corrected chi connectivity index (χ2v) is 13.7. The number of benzene rings is 8. The molecule has 4 nitrogen and oxygen atoms in total. The van der Waals surface area contributed by atoms with Gasteiger partial charge in [-0.05, 0) is 90.0 Å². The molecular formula is C48H28N2O2. The van der Waals surface area contributed by atoms with E-state index in [1.54, 1.807) is 0 Å². The Kier molecular flexibility index (Phi) is 5.47. The third-order valence-electron chi connectivity index (χ3n) is 10.9. The number of nitrogens with zero attached hydrogens (tertiary/aromatic N) is 2. The first kappa shape index (κ1) is 27.7. The van der Waals surface area contributed by atoms with Crippen LogP contribution in [0, 0.1) is 0 Å². The van der Waals surface area contributed by atoms with E-state index >= 15 is 0 Å². The van der Waals surface area contributed by atoms with Crippen LogP contribution >= 0.6 is 0 Å². The monoisotopic (exact) mass is 664 g/mol. The van der Waals surface area contributed by atoms with Gasteiger partial charge in [0.25, 0.3) is 0 Å².